The van der Waals surface area contributed by atoms with Crippen LogP contribution in [0.5, 0.6) is 0 Å². The molecule has 0 saturated carbocycles. The molecule has 0 bridgehead atoms. The quantitative estimate of drug-likeness (QED) is 0.646. The summed E-state index contributed by atoms with van der Waals surface area (Å²) in [6, 6.07) is 2.32. The normalized spacial score (nSPS) is 23.5. The van der Waals surface area contributed by atoms with Gasteiger partial charge in [0.25, 0.3) is 0 Å². The average molecular weight is 302 g/mol. The molecule has 1 aromatic rings. The number of hydrogen-bond acceptors (Lipinski definition) is 5. The number of fused-ring (bicyclic) bond motifs is 1. The number of nitrogens with one attached hydrogen (secondary N) is 1. The Morgan fingerprint density at radius 3 is 2.89 bits per heavy atom. The Kier molecular flexibility index (Phi) is 3.71. The van der Waals surface area contributed by atoms with Crippen LogP contribution >= 0.6 is 23.2 Å². The first-order chi connectivity index (χ1) is 9.19. The highest BCUT2D eigenvalue weighted by molar-refractivity contribution is 6.37. The van der Waals surface area contributed by atoms with Gasteiger partial charge >= 0.3 is 0 Å². The number of aromatic nitrogens is 1. The number of nitrogen functional groups attached to an aromatic ring is 1. The topological polar surface area (TPSA) is 57.4 Å². The van der Waals surface area contributed by atoms with E-state index >= 15 is 0 Å². The van der Waals surface area contributed by atoms with Crippen LogP contribution in [0.1, 0.15) is 12.8 Å². The minimum Gasteiger partial charge on any atom is -0.352 e. The van der Waals surface area contributed by atoms with Crippen molar-refractivity contribution in [2.45, 2.75) is 18.9 Å². The van der Waals surface area contributed by atoms with Crippen molar-refractivity contribution in [3.8, 4) is 0 Å². The maximum atomic E-state index is 6.26. The first-order valence-electron chi connectivity index (χ1n) is 6.50. The van der Waals surface area contributed by atoms with Gasteiger partial charge in [-0.2, -0.15) is 0 Å². The maximum Gasteiger partial charge on any atom is 0.161 e. The predicted octanol–water partition coefficient (Wildman–Crippen LogP) is 1.96. The summed E-state index contributed by atoms with van der Waals surface area (Å²) < 4.78 is 0. The molecule has 19 heavy (non-hydrogen) atoms. The van der Waals surface area contributed by atoms with Crippen LogP contribution in [-0.2, 0) is 0 Å². The standard InChI is InChI=1S/C12H17Cl2N5/c13-9-6-10(14)12(16-11(9)17-15)19-5-4-18-3-1-2-8(18)7-19/h6,8H,1-5,7,15H2,(H,16,17). The van der Waals surface area contributed by atoms with E-state index in [0.29, 0.717) is 21.9 Å². The Bertz CT molecular complexity index is 481. The summed E-state index contributed by atoms with van der Waals surface area (Å²) in [5.41, 5.74) is 2.51. The first-order valence-corrected chi connectivity index (χ1v) is 7.26. The third kappa shape index (κ3) is 2.48. The minimum absolute atomic E-state index is 0.441. The van der Waals surface area contributed by atoms with Gasteiger partial charge in [-0.1, -0.05) is 23.2 Å². The van der Waals surface area contributed by atoms with Gasteiger partial charge in [-0.05, 0) is 25.5 Å². The van der Waals surface area contributed by atoms with Gasteiger partial charge in [0, 0.05) is 25.7 Å². The number of anilines is 2. The van der Waals surface area contributed by atoms with Crippen LogP contribution in [0.3, 0.4) is 0 Å². The fourth-order valence-electron chi connectivity index (χ4n) is 2.96. The zero-order chi connectivity index (χ0) is 13.4. The van der Waals surface area contributed by atoms with Gasteiger partial charge in [-0.25, -0.2) is 10.8 Å². The molecular weight excluding hydrogens is 285 g/mol. The van der Waals surface area contributed by atoms with E-state index in [0.717, 1.165) is 25.5 Å². The molecule has 0 aliphatic carbocycles. The molecule has 0 radical (unpaired) electrons. The number of piperazine rings is 1. The Morgan fingerprint density at radius 1 is 1.26 bits per heavy atom. The molecule has 1 aromatic heterocycles. The summed E-state index contributed by atoms with van der Waals surface area (Å²) in [4.78, 5) is 9.21. The van der Waals surface area contributed by atoms with E-state index in [-0.39, 0.29) is 0 Å². The molecular formula is C12H17Cl2N5. The molecule has 104 valence electrons. The van der Waals surface area contributed by atoms with E-state index in [1.54, 1.807) is 6.07 Å². The Labute approximate surface area is 122 Å². The van der Waals surface area contributed by atoms with Crippen LogP contribution in [0.4, 0.5) is 11.6 Å². The third-order valence-corrected chi connectivity index (χ3v) is 4.50. The largest absolute Gasteiger partial charge is 0.352 e. The van der Waals surface area contributed by atoms with E-state index in [2.05, 4.69) is 20.2 Å². The van der Waals surface area contributed by atoms with Crippen LogP contribution in [0.25, 0.3) is 0 Å². The smallest absolute Gasteiger partial charge is 0.161 e. The fraction of sp³-hybridized carbons (Fsp3) is 0.583. The molecule has 1 atom stereocenters. The van der Waals surface area contributed by atoms with Crippen LogP contribution < -0.4 is 16.2 Å². The zero-order valence-corrected chi connectivity index (χ0v) is 12.1. The summed E-state index contributed by atoms with van der Waals surface area (Å²) in [5, 5.41) is 1.02. The lowest BCUT2D eigenvalue weighted by atomic mass is 10.1. The summed E-state index contributed by atoms with van der Waals surface area (Å²) >= 11 is 12.3. The molecule has 0 spiro atoms. The van der Waals surface area contributed by atoms with Gasteiger partial charge in [0.2, 0.25) is 0 Å². The van der Waals surface area contributed by atoms with Crippen LogP contribution in [0, 0.1) is 0 Å². The molecule has 0 aromatic carbocycles. The number of nitrogens with two attached hydrogens (primary N) is 1. The highest BCUT2D eigenvalue weighted by Crippen LogP contribution is 2.33. The molecule has 3 N–H and O–H groups in total. The lowest BCUT2D eigenvalue weighted by molar-refractivity contribution is 0.230. The van der Waals surface area contributed by atoms with Crippen molar-refractivity contribution in [1.82, 2.24) is 9.88 Å². The van der Waals surface area contributed by atoms with Crippen LogP contribution in [-0.4, -0.2) is 42.1 Å². The molecule has 2 fully saturated rings. The van der Waals surface area contributed by atoms with Gasteiger partial charge in [-0.15, -0.1) is 0 Å². The molecule has 0 amide bonds. The Morgan fingerprint density at radius 2 is 2.11 bits per heavy atom. The molecule has 7 heteroatoms. The summed E-state index contributed by atoms with van der Waals surface area (Å²) in [6.45, 7) is 4.19. The van der Waals surface area contributed by atoms with E-state index in [4.69, 9.17) is 29.0 Å². The monoisotopic (exact) mass is 301 g/mol. The zero-order valence-electron chi connectivity index (χ0n) is 10.6. The minimum atomic E-state index is 0.441. The van der Waals surface area contributed by atoms with Crippen LogP contribution in [0.2, 0.25) is 10.0 Å². The van der Waals surface area contributed by atoms with Crippen molar-refractivity contribution >= 4 is 34.8 Å². The van der Waals surface area contributed by atoms with Gasteiger partial charge in [0.1, 0.15) is 5.82 Å². The average Bonchev–Trinajstić information content (AvgIpc) is 2.86. The van der Waals surface area contributed by atoms with E-state index < -0.39 is 0 Å². The highest BCUT2D eigenvalue weighted by atomic mass is 35.5. The first kappa shape index (κ1) is 13.2. The number of rotatable bonds is 2. The number of pyridine rings is 1. The molecule has 2 saturated heterocycles. The number of halogens is 2. The predicted molar refractivity (Wildman–Crippen MR) is 78.9 cm³/mol. The third-order valence-electron chi connectivity index (χ3n) is 3.93. The lowest BCUT2D eigenvalue weighted by Crippen LogP contribution is -2.50. The van der Waals surface area contributed by atoms with Gasteiger partial charge in [-0.3, -0.25) is 4.90 Å². The van der Waals surface area contributed by atoms with Crippen molar-refractivity contribution in [3.05, 3.63) is 16.1 Å². The molecule has 3 rings (SSSR count). The van der Waals surface area contributed by atoms with Gasteiger partial charge < -0.3 is 10.3 Å². The van der Waals surface area contributed by atoms with Crippen LogP contribution in [0.15, 0.2) is 6.07 Å². The number of hydrogen-bond donors (Lipinski definition) is 2. The molecule has 3 heterocycles. The fourth-order valence-corrected chi connectivity index (χ4v) is 3.50. The Hall–Kier alpha value is -0.750. The molecule has 2 aliphatic heterocycles. The van der Waals surface area contributed by atoms with E-state index in [9.17, 15) is 0 Å². The number of hydrazine groups is 1. The second-order valence-electron chi connectivity index (χ2n) is 5.05. The van der Waals surface area contributed by atoms with Crippen molar-refractivity contribution in [1.29, 1.82) is 0 Å². The van der Waals surface area contributed by atoms with Crippen molar-refractivity contribution in [3.63, 3.8) is 0 Å². The number of nitrogens with zero attached hydrogens (tertiary/aromatic N) is 3. The van der Waals surface area contributed by atoms with Crippen molar-refractivity contribution < 1.29 is 0 Å². The second-order valence-corrected chi connectivity index (χ2v) is 5.86. The van der Waals surface area contributed by atoms with E-state index in [1.165, 1.54) is 19.4 Å². The van der Waals surface area contributed by atoms with Crippen molar-refractivity contribution in [2.24, 2.45) is 5.84 Å². The summed E-state index contributed by atoms with van der Waals surface area (Å²) in [7, 11) is 0. The molecule has 2 aliphatic rings. The van der Waals surface area contributed by atoms with Crippen molar-refractivity contribution in [2.75, 3.05) is 36.5 Å². The lowest BCUT2D eigenvalue weighted by Gasteiger charge is -2.38. The Balaban J connectivity index is 1.85. The maximum absolute atomic E-state index is 6.26. The molecule has 5 nitrogen and oxygen atoms in total. The van der Waals surface area contributed by atoms with E-state index in [1.807, 2.05) is 0 Å². The summed E-state index contributed by atoms with van der Waals surface area (Å²) in [5.74, 6) is 6.65. The second kappa shape index (κ2) is 5.32. The van der Waals surface area contributed by atoms with Gasteiger partial charge in [0.15, 0.2) is 5.82 Å². The SMILES string of the molecule is NNc1nc(N2CCN3CCCC3C2)c(Cl)cc1Cl. The molecule has 1 unspecified atom stereocenters. The highest BCUT2D eigenvalue weighted by Gasteiger charge is 2.31. The van der Waals surface area contributed by atoms with Gasteiger partial charge in [0.05, 0.1) is 10.0 Å². The summed E-state index contributed by atoms with van der Waals surface area (Å²) in [6.07, 6.45) is 2.54.